The summed E-state index contributed by atoms with van der Waals surface area (Å²) in [5.41, 5.74) is 18.7. The van der Waals surface area contributed by atoms with Crippen LogP contribution < -0.4 is 11.5 Å². The Bertz CT molecular complexity index is 1380. The Morgan fingerprint density at radius 1 is 0.667 bits per heavy atom. The van der Waals surface area contributed by atoms with Crippen LogP contribution in [0.15, 0.2) is 60.9 Å². The van der Waals surface area contributed by atoms with E-state index < -0.39 is 11.8 Å². The second kappa shape index (κ2) is 10.1. The molecule has 0 fully saturated rings. The largest absolute Gasteiger partial charge is 0.392 e. The zero-order chi connectivity index (χ0) is 26.0. The number of carbonyl (C=O) groups is 2. The average Bonchev–Trinajstić information content (AvgIpc) is 2.88. The van der Waals surface area contributed by atoms with Crippen LogP contribution in [0.25, 0.3) is 33.4 Å². The Labute approximate surface area is 208 Å². The molecule has 0 spiro atoms. The minimum absolute atomic E-state index is 0.121. The number of nitrogens with zero attached hydrogens (tertiary/aromatic N) is 2. The molecule has 0 aliphatic heterocycles. The molecule has 0 radical (unpaired) electrons. The lowest BCUT2D eigenvalue weighted by molar-refractivity contribution is 0.0988. The number of hydrogen-bond acceptors (Lipinski definition) is 6. The van der Waals surface area contributed by atoms with Crippen molar-refractivity contribution >= 4 is 11.8 Å². The van der Waals surface area contributed by atoms with Gasteiger partial charge in [0.2, 0.25) is 0 Å². The van der Waals surface area contributed by atoms with Crippen LogP contribution in [0.1, 0.15) is 43.2 Å². The molecule has 36 heavy (non-hydrogen) atoms. The second-order valence-electron chi connectivity index (χ2n) is 8.48. The molecular weight excluding hydrogens is 456 g/mol. The summed E-state index contributed by atoms with van der Waals surface area (Å²) in [6.07, 6.45) is 2.86. The number of aliphatic hydroxyl groups is 2. The first-order valence-electron chi connectivity index (χ1n) is 11.3. The molecule has 0 atom stereocenters. The Hall–Kier alpha value is -4.40. The van der Waals surface area contributed by atoms with Crippen LogP contribution in [0, 0.1) is 13.8 Å². The number of pyridine rings is 2. The van der Waals surface area contributed by atoms with Gasteiger partial charge in [-0.1, -0.05) is 36.4 Å². The predicted molar refractivity (Wildman–Crippen MR) is 137 cm³/mol. The van der Waals surface area contributed by atoms with Crippen molar-refractivity contribution in [3.05, 3.63) is 94.6 Å². The van der Waals surface area contributed by atoms with Gasteiger partial charge in [0.25, 0.3) is 11.8 Å². The number of hydrogen-bond donors (Lipinski definition) is 4. The Morgan fingerprint density at radius 3 is 1.31 bits per heavy atom. The highest BCUT2D eigenvalue weighted by Gasteiger charge is 2.20. The van der Waals surface area contributed by atoms with Gasteiger partial charge >= 0.3 is 0 Å². The molecule has 182 valence electrons. The van der Waals surface area contributed by atoms with Gasteiger partial charge in [-0.25, -0.2) is 0 Å². The number of carbonyl (C=O) groups excluding carboxylic acids is 2. The van der Waals surface area contributed by atoms with E-state index in [2.05, 4.69) is 9.97 Å². The lowest BCUT2D eigenvalue weighted by Gasteiger charge is -2.18. The Morgan fingerprint density at radius 2 is 1.00 bits per heavy atom. The molecule has 8 heteroatoms. The zero-order valence-corrected chi connectivity index (χ0v) is 19.9. The molecule has 6 N–H and O–H groups in total. The second-order valence-corrected chi connectivity index (χ2v) is 8.48. The lowest BCUT2D eigenvalue weighted by Crippen LogP contribution is -2.15. The van der Waals surface area contributed by atoms with Crippen LogP contribution in [0.2, 0.25) is 0 Å². The van der Waals surface area contributed by atoms with E-state index in [-0.39, 0.29) is 24.6 Å². The number of primary amides is 2. The van der Waals surface area contributed by atoms with Crippen molar-refractivity contribution in [2.45, 2.75) is 27.1 Å². The summed E-state index contributed by atoms with van der Waals surface area (Å²) in [6.45, 7) is 3.44. The van der Waals surface area contributed by atoms with Crippen molar-refractivity contribution in [3.8, 4) is 33.4 Å². The minimum atomic E-state index is -0.660. The molecule has 2 amide bonds. The molecule has 0 unspecified atom stereocenters. The van der Waals surface area contributed by atoms with E-state index in [1.807, 2.05) is 50.2 Å². The van der Waals surface area contributed by atoms with Crippen molar-refractivity contribution in [2.75, 3.05) is 0 Å². The van der Waals surface area contributed by atoms with E-state index in [1.54, 1.807) is 12.1 Å². The first-order valence-corrected chi connectivity index (χ1v) is 11.3. The maximum atomic E-state index is 12.1. The number of benzene rings is 2. The highest BCUT2D eigenvalue weighted by atomic mass is 16.3. The van der Waals surface area contributed by atoms with Gasteiger partial charge in [-0.15, -0.1) is 0 Å². The van der Waals surface area contributed by atoms with Gasteiger partial charge in [-0.2, -0.15) is 0 Å². The van der Waals surface area contributed by atoms with E-state index in [0.29, 0.717) is 22.3 Å². The molecule has 2 aromatic heterocycles. The van der Waals surface area contributed by atoms with Crippen molar-refractivity contribution in [1.82, 2.24) is 9.97 Å². The van der Waals surface area contributed by atoms with E-state index in [4.69, 9.17) is 11.5 Å². The minimum Gasteiger partial charge on any atom is -0.392 e. The summed E-state index contributed by atoms with van der Waals surface area (Å²) in [5, 5.41) is 19.2. The van der Waals surface area contributed by atoms with Gasteiger partial charge in [-0.3, -0.25) is 19.6 Å². The Balaban J connectivity index is 1.93. The van der Waals surface area contributed by atoms with Crippen LogP contribution in [0.3, 0.4) is 0 Å². The number of aliphatic hydroxyl groups excluding tert-OH is 2. The standard InChI is InChI=1S/C28H26N4O4/c1-15-19(5-3-7-21(15)23-9-17(13-33)11-31-25(23)27(29)35)20-6-4-8-22(16(20)2)24-10-18(14-34)12-32-26(24)28(30)36/h3-12,33-34H,13-14H2,1-2H3,(H2,29,35)(H2,30,36). The maximum absolute atomic E-state index is 12.1. The molecule has 0 saturated heterocycles. The van der Waals surface area contributed by atoms with Crippen LogP contribution in [0.4, 0.5) is 0 Å². The van der Waals surface area contributed by atoms with E-state index in [1.165, 1.54) is 12.4 Å². The normalized spacial score (nSPS) is 10.9. The van der Waals surface area contributed by atoms with E-state index >= 15 is 0 Å². The summed E-state index contributed by atoms with van der Waals surface area (Å²) < 4.78 is 0. The third-order valence-electron chi connectivity index (χ3n) is 6.26. The van der Waals surface area contributed by atoms with Crippen LogP contribution in [-0.4, -0.2) is 32.0 Å². The number of aromatic nitrogens is 2. The number of rotatable bonds is 7. The van der Waals surface area contributed by atoms with E-state index in [9.17, 15) is 19.8 Å². The molecule has 0 saturated carbocycles. The van der Waals surface area contributed by atoms with Gasteiger partial charge in [0.05, 0.1) is 13.2 Å². The molecule has 0 aliphatic rings. The SMILES string of the molecule is Cc1c(-c2cc(CO)cnc2C(N)=O)cccc1-c1cccc(-c2cc(CO)cnc2C(N)=O)c1C. The molecular formula is C28H26N4O4. The fourth-order valence-electron chi connectivity index (χ4n) is 4.43. The summed E-state index contributed by atoms with van der Waals surface area (Å²) in [4.78, 5) is 32.5. The van der Waals surface area contributed by atoms with Gasteiger partial charge in [-0.05, 0) is 70.5 Å². The van der Waals surface area contributed by atoms with Gasteiger partial charge in [0, 0.05) is 23.5 Å². The third kappa shape index (κ3) is 4.47. The summed E-state index contributed by atoms with van der Waals surface area (Å²) in [5.74, 6) is -1.32. The monoisotopic (exact) mass is 482 g/mol. The highest BCUT2D eigenvalue weighted by Crippen LogP contribution is 2.38. The maximum Gasteiger partial charge on any atom is 0.267 e. The van der Waals surface area contributed by atoms with E-state index in [0.717, 1.165) is 33.4 Å². The van der Waals surface area contributed by atoms with Gasteiger partial charge < -0.3 is 21.7 Å². The summed E-state index contributed by atoms with van der Waals surface area (Å²) in [7, 11) is 0. The lowest BCUT2D eigenvalue weighted by atomic mass is 9.87. The topological polar surface area (TPSA) is 152 Å². The molecule has 0 bridgehead atoms. The first kappa shape index (κ1) is 24.7. The zero-order valence-electron chi connectivity index (χ0n) is 19.9. The highest BCUT2D eigenvalue weighted by molar-refractivity contribution is 6.00. The van der Waals surface area contributed by atoms with Gasteiger partial charge in [0.15, 0.2) is 0 Å². The molecule has 4 aromatic rings. The van der Waals surface area contributed by atoms with Crippen LogP contribution >= 0.6 is 0 Å². The smallest absolute Gasteiger partial charge is 0.267 e. The van der Waals surface area contributed by atoms with Crippen molar-refractivity contribution in [3.63, 3.8) is 0 Å². The number of nitrogens with two attached hydrogens (primary N) is 2. The average molecular weight is 483 g/mol. The summed E-state index contributed by atoms with van der Waals surface area (Å²) in [6, 6.07) is 14.9. The van der Waals surface area contributed by atoms with Gasteiger partial charge in [0.1, 0.15) is 11.4 Å². The molecule has 4 rings (SSSR count). The van der Waals surface area contributed by atoms with Crippen LogP contribution in [-0.2, 0) is 13.2 Å². The fourth-order valence-corrected chi connectivity index (χ4v) is 4.43. The quantitative estimate of drug-likeness (QED) is 0.317. The third-order valence-corrected chi connectivity index (χ3v) is 6.26. The molecule has 2 aromatic carbocycles. The predicted octanol–water partition coefficient (Wildman–Crippen LogP) is 3.28. The molecule has 0 aliphatic carbocycles. The first-order chi connectivity index (χ1) is 17.3. The molecule has 2 heterocycles. The van der Waals surface area contributed by atoms with Crippen molar-refractivity contribution < 1.29 is 19.8 Å². The van der Waals surface area contributed by atoms with Crippen molar-refractivity contribution in [1.29, 1.82) is 0 Å². The summed E-state index contributed by atoms with van der Waals surface area (Å²) >= 11 is 0. The Kier molecular flexibility index (Phi) is 6.91. The number of amides is 2. The molecule has 8 nitrogen and oxygen atoms in total. The fraction of sp³-hybridized carbons (Fsp3) is 0.143. The van der Waals surface area contributed by atoms with Crippen molar-refractivity contribution in [2.24, 2.45) is 11.5 Å². The van der Waals surface area contributed by atoms with Crippen LogP contribution in [0.5, 0.6) is 0 Å².